The van der Waals surface area contributed by atoms with E-state index in [0.29, 0.717) is 0 Å². The van der Waals surface area contributed by atoms with Crippen molar-refractivity contribution in [3.63, 3.8) is 0 Å². The Labute approximate surface area is 104 Å². The lowest BCUT2D eigenvalue weighted by Crippen LogP contribution is -2.05. The highest BCUT2D eigenvalue weighted by Crippen LogP contribution is 2.18. The smallest absolute Gasteiger partial charge is 0.168 e. The van der Waals surface area contributed by atoms with Crippen molar-refractivity contribution in [2.75, 3.05) is 0 Å². The van der Waals surface area contributed by atoms with E-state index in [9.17, 15) is 0 Å². The molecule has 0 fully saturated rings. The fraction of sp³-hybridized carbons (Fsp3) is 0.600. The first-order valence-electron chi connectivity index (χ1n) is 5.66. The van der Waals surface area contributed by atoms with Gasteiger partial charge in [-0.05, 0) is 16.8 Å². The first-order chi connectivity index (χ1) is 8.31. The summed E-state index contributed by atoms with van der Waals surface area (Å²) in [5.74, 6) is 1.66. The maximum atomic E-state index is 4.26. The van der Waals surface area contributed by atoms with Crippen molar-refractivity contribution in [1.82, 2.24) is 29.8 Å². The third-order valence-corrected chi connectivity index (χ3v) is 3.49. The Bertz CT molecular complexity index is 463. The summed E-state index contributed by atoms with van der Waals surface area (Å²) in [4.78, 5) is 4.26. The van der Waals surface area contributed by atoms with Crippen LogP contribution in [0.15, 0.2) is 17.6 Å². The second-order valence-electron chi connectivity index (χ2n) is 3.78. The normalized spacial score (nSPS) is 10.9. The highest BCUT2D eigenvalue weighted by atomic mass is 32.2. The fourth-order valence-electron chi connectivity index (χ4n) is 1.43. The van der Waals surface area contributed by atoms with Crippen molar-refractivity contribution in [2.24, 2.45) is 7.05 Å². The van der Waals surface area contributed by atoms with Gasteiger partial charge < -0.3 is 4.57 Å². The minimum absolute atomic E-state index is 0.752. The van der Waals surface area contributed by atoms with Gasteiger partial charge in [-0.25, -0.2) is 9.67 Å². The van der Waals surface area contributed by atoms with E-state index in [1.807, 2.05) is 22.5 Å². The fourth-order valence-corrected chi connectivity index (χ4v) is 2.29. The lowest BCUT2D eigenvalue weighted by Gasteiger charge is -2.03. The van der Waals surface area contributed by atoms with Crippen LogP contribution >= 0.6 is 11.8 Å². The molecule has 0 unspecified atom stereocenters. The molecule has 0 N–H and O–H groups in total. The number of thioether (sulfide) groups is 1. The molecule has 2 aromatic rings. The quantitative estimate of drug-likeness (QED) is 0.729. The zero-order valence-electron chi connectivity index (χ0n) is 10.1. The van der Waals surface area contributed by atoms with E-state index < -0.39 is 0 Å². The molecule has 92 valence electrons. The molecule has 0 aliphatic rings. The molecule has 0 radical (unpaired) electrons. The molecule has 2 heterocycles. The molecule has 0 saturated heterocycles. The maximum absolute atomic E-state index is 4.26. The lowest BCUT2D eigenvalue weighted by molar-refractivity contribution is 0.540. The molecular weight excluding hydrogens is 236 g/mol. The largest absolute Gasteiger partial charge is 0.329 e. The van der Waals surface area contributed by atoms with E-state index in [1.165, 1.54) is 0 Å². The van der Waals surface area contributed by atoms with Crippen LogP contribution in [0.3, 0.4) is 0 Å². The molecule has 0 aromatic carbocycles. The van der Waals surface area contributed by atoms with Gasteiger partial charge in [-0.1, -0.05) is 25.1 Å². The number of hydrogen-bond donors (Lipinski definition) is 0. The summed E-state index contributed by atoms with van der Waals surface area (Å²) in [6.07, 6.45) is 5.97. The topological polar surface area (TPSA) is 61.4 Å². The Morgan fingerprint density at radius 1 is 1.41 bits per heavy atom. The summed E-state index contributed by atoms with van der Waals surface area (Å²) in [6, 6.07) is 0. The lowest BCUT2D eigenvalue weighted by atomic mass is 10.3. The van der Waals surface area contributed by atoms with Crippen molar-refractivity contribution < 1.29 is 0 Å². The zero-order chi connectivity index (χ0) is 12.1. The Kier molecular flexibility index (Phi) is 4.13. The number of aromatic nitrogens is 6. The summed E-state index contributed by atoms with van der Waals surface area (Å²) in [6.45, 7) is 3.05. The highest BCUT2D eigenvalue weighted by Gasteiger charge is 2.08. The van der Waals surface area contributed by atoms with E-state index in [0.717, 1.165) is 36.1 Å². The molecule has 7 heteroatoms. The van der Waals surface area contributed by atoms with Crippen molar-refractivity contribution >= 4 is 11.8 Å². The van der Waals surface area contributed by atoms with Gasteiger partial charge in [0, 0.05) is 26.0 Å². The minimum atomic E-state index is 0.752. The first kappa shape index (κ1) is 12.1. The van der Waals surface area contributed by atoms with Crippen LogP contribution in [-0.4, -0.2) is 29.8 Å². The second-order valence-corrected chi connectivity index (χ2v) is 4.72. The number of aryl methyl sites for hydroxylation is 2. The minimum Gasteiger partial charge on any atom is -0.329 e. The Morgan fingerprint density at radius 2 is 2.29 bits per heavy atom. The number of nitrogens with zero attached hydrogens (tertiary/aromatic N) is 6. The van der Waals surface area contributed by atoms with Gasteiger partial charge in [0.1, 0.15) is 0 Å². The standard InChI is InChI=1S/C10H16N6S/c1-3-4-6-16-9(12-13-14-16)8-17-10-11-5-7-15(10)2/h5,7H,3-4,6,8H2,1-2H3. The predicted octanol–water partition coefficient (Wildman–Crippen LogP) is 1.50. The summed E-state index contributed by atoms with van der Waals surface area (Å²) in [5.41, 5.74) is 0. The molecule has 0 bridgehead atoms. The molecule has 0 aliphatic carbocycles. The second kappa shape index (κ2) is 5.81. The molecule has 2 rings (SSSR count). The van der Waals surface area contributed by atoms with Crippen LogP contribution in [0.25, 0.3) is 0 Å². The Hall–Kier alpha value is -1.37. The van der Waals surface area contributed by atoms with Crippen LogP contribution in [0.2, 0.25) is 0 Å². The number of rotatable bonds is 6. The van der Waals surface area contributed by atoms with Gasteiger partial charge in [-0.3, -0.25) is 0 Å². The van der Waals surface area contributed by atoms with Crippen LogP contribution in [0.1, 0.15) is 25.6 Å². The molecule has 2 aromatic heterocycles. The third kappa shape index (κ3) is 3.06. The summed E-state index contributed by atoms with van der Waals surface area (Å²) in [5, 5.41) is 12.7. The van der Waals surface area contributed by atoms with Gasteiger partial charge in [0.2, 0.25) is 0 Å². The van der Waals surface area contributed by atoms with E-state index in [1.54, 1.807) is 18.0 Å². The number of tetrazole rings is 1. The number of imidazole rings is 1. The Morgan fingerprint density at radius 3 is 3.00 bits per heavy atom. The SMILES string of the molecule is CCCCn1nnnc1CSc1nccn1C. The van der Waals surface area contributed by atoms with Crippen LogP contribution in [-0.2, 0) is 19.3 Å². The number of hydrogen-bond acceptors (Lipinski definition) is 5. The first-order valence-corrected chi connectivity index (χ1v) is 6.65. The van der Waals surface area contributed by atoms with E-state index in [2.05, 4.69) is 27.4 Å². The summed E-state index contributed by atoms with van der Waals surface area (Å²) in [7, 11) is 1.98. The van der Waals surface area contributed by atoms with Gasteiger partial charge in [-0.15, -0.1) is 5.10 Å². The molecule has 17 heavy (non-hydrogen) atoms. The van der Waals surface area contributed by atoms with Crippen LogP contribution in [0.5, 0.6) is 0 Å². The molecule has 0 amide bonds. The molecule has 0 aliphatic heterocycles. The van der Waals surface area contributed by atoms with Gasteiger partial charge in [0.25, 0.3) is 0 Å². The molecular formula is C10H16N6S. The molecule has 0 saturated carbocycles. The van der Waals surface area contributed by atoms with Crippen molar-refractivity contribution in [2.45, 2.75) is 37.2 Å². The summed E-state index contributed by atoms with van der Waals surface area (Å²) < 4.78 is 3.87. The van der Waals surface area contributed by atoms with Crippen molar-refractivity contribution in [3.05, 3.63) is 18.2 Å². The average molecular weight is 252 g/mol. The van der Waals surface area contributed by atoms with E-state index >= 15 is 0 Å². The molecule has 6 nitrogen and oxygen atoms in total. The summed E-state index contributed by atoms with van der Waals surface area (Å²) >= 11 is 1.65. The van der Waals surface area contributed by atoms with Gasteiger partial charge in [0.05, 0.1) is 5.75 Å². The van der Waals surface area contributed by atoms with Gasteiger partial charge >= 0.3 is 0 Å². The van der Waals surface area contributed by atoms with Crippen LogP contribution < -0.4 is 0 Å². The van der Waals surface area contributed by atoms with Gasteiger partial charge in [-0.2, -0.15) is 0 Å². The van der Waals surface area contributed by atoms with E-state index in [-0.39, 0.29) is 0 Å². The Balaban J connectivity index is 1.95. The zero-order valence-corrected chi connectivity index (χ0v) is 10.9. The highest BCUT2D eigenvalue weighted by molar-refractivity contribution is 7.98. The van der Waals surface area contributed by atoms with Crippen molar-refractivity contribution in [1.29, 1.82) is 0 Å². The van der Waals surface area contributed by atoms with E-state index in [4.69, 9.17) is 0 Å². The average Bonchev–Trinajstić information content (AvgIpc) is 2.93. The van der Waals surface area contributed by atoms with Crippen LogP contribution in [0, 0.1) is 0 Å². The molecule has 0 spiro atoms. The van der Waals surface area contributed by atoms with Crippen molar-refractivity contribution in [3.8, 4) is 0 Å². The predicted molar refractivity (Wildman–Crippen MR) is 65.5 cm³/mol. The number of unbranched alkanes of at least 4 members (excludes halogenated alkanes) is 1. The molecule has 0 atom stereocenters. The van der Waals surface area contributed by atoms with Gasteiger partial charge in [0.15, 0.2) is 11.0 Å². The van der Waals surface area contributed by atoms with Crippen LogP contribution in [0.4, 0.5) is 0 Å². The third-order valence-electron chi connectivity index (χ3n) is 2.44. The maximum Gasteiger partial charge on any atom is 0.168 e. The monoisotopic (exact) mass is 252 g/mol.